The summed E-state index contributed by atoms with van der Waals surface area (Å²) in [6.07, 6.45) is 0. The fourth-order valence-electron chi connectivity index (χ4n) is 2.71. The van der Waals surface area contributed by atoms with Crippen LogP contribution in [-0.4, -0.2) is 20.5 Å². The maximum atomic E-state index is 12.8. The first kappa shape index (κ1) is 16.8. The average molecular weight is 381 g/mol. The van der Waals surface area contributed by atoms with Crippen molar-refractivity contribution in [2.24, 2.45) is 0 Å². The minimum atomic E-state index is -0.329. The Morgan fingerprint density at radius 1 is 1.15 bits per heavy atom. The molecule has 4 rings (SSSR count). The Morgan fingerprint density at radius 3 is 2.62 bits per heavy atom. The van der Waals surface area contributed by atoms with E-state index in [4.69, 9.17) is 0 Å². The molecule has 3 aromatic heterocycles. The Balaban J connectivity index is 1.82. The molecule has 0 fully saturated rings. The zero-order valence-electron chi connectivity index (χ0n) is 14.2. The van der Waals surface area contributed by atoms with Crippen LogP contribution in [0.15, 0.2) is 46.6 Å². The molecule has 1 aromatic carbocycles. The smallest absolute Gasteiger partial charge is 0.292 e. The van der Waals surface area contributed by atoms with Crippen LogP contribution in [-0.2, 0) is 6.54 Å². The van der Waals surface area contributed by atoms with Gasteiger partial charge in [-0.2, -0.15) is 5.10 Å². The highest BCUT2D eigenvalue weighted by atomic mass is 32.1. The zero-order chi connectivity index (χ0) is 18.3. The highest BCUT2D eigenvalue weighted by Crippen LogP contribution is 2.31. The summed E-state index contributed by atoms with van der Waals surface area (Å²) < 4.78 is 2.01. The third-order valence-electron chi connectivity index (χ3n) is 4.03. The van der Waals surface area contributed by atoms with Crippen molar-refractivity contribution < 1.29 is 4.79 Å². The molecule has 130 valence electrons. The lowest BCUT2D eigenvalue weighted by Gasteiger charge is -2.07. The molecule has 5 nitrogen and oxygen atoms in total. The molecule has 0 aliphatic rings. The van der Waals surface area contributed by atoms with E-state index < -0.39 is 0 Å². The molecule has 0 amide bonds. The van der Waals surface area contributed by atoms with Crippen molar-refractivity contribution in [3.63, 3.8) is 0 Å². The number of carbonyl (C=O) groups is 1. The van der Waals surface area contributed by atoms with Crippen LogP contribution in [0, 0.1) is 13.8 Å². The summed E-state index contributed by atoms with van der Waals surface area (Å²) in [7, 11) is 0. The fraction of sp³-hybridized carbons (Fsp3) is 0.158. The molecule has 0 radical (unpaired) electrons. The number of nitrogens with zero attached hydrogens (tertiary/aromatic N) is 3. The average Bonchev–Trinajstić information content (AvgIpc) is 3.27. The number of thiophene rings is 1. The highest BCUT2D eigenvalue weighted by molar-refractivity contribution is 7.20. The quantitative estimate of drug-likeness (QED) is 0.500. The van der Waals surface area contributed by atoms with Crippen LogP contribution in [0.1, 0.15) is 20.9 Å². The Morgan fingerprint density at radius 2 is 1.92 bits per heavy atom. The molecule has 0 saturated heterocycles. The van der Waals surface area contributed by atoms with Crippen molar-refractivity contribution >= 4 is 38.7 Å². The fourth-order valence-corrected chi connectivity index (χ4v) is 4.40. The largest absolute Gasteiger partial charge is 0.294 e. The van der Waals surface area contributed by atoms with Gasteiger partial charge in [0, 0.05) is 5.56 Å². The standard InChI is InChI=1S/C19H15N3O2S2/c1-11-5-7-13(8-6-11)14(23)10-22-19(24)17-18(26-12(2)20-17)16(21-22)15-4-3-9-25-15/h3-9H,10H2,1-2H3. The number of thiazole rings is 1. The van der Waals surface area contributed by atoms with Crippen LogP contribution in [0.4, 0.5) is 0 Å². The van der Waals surface area contributed by atoms with Gasteiger partial charge in [-0.25, -0.2) is 9.67 Å². The van der Waals surface area contributed by atoms with Crippen molar-refractivity contribution in [1.29, 1.82) is 0 Å². The Kier molecular flexibility index (Phi) is 4.26. The summed E-state index contributed by atoms with van der Waals surface area (Å²) >= 11 is 3.00. The second-order valence-corrected chi connectivity index (χ2v) is 8.14. The molecule has 0 aliphatic carbocycles. The lowest BCUT2D eigenvalue weighted by Crippen LogP contribution is -2.27. The second-order valence-electron chi connectivity index (χ2n) is 5.99. The summed E-state index contributed by atoms with van der Waals surface area (Å²) in [5.74, 6) is -0.150. The van der Waals surface area contributed by atoms with E-state index in [-0.39, 0.29) is 17.9 Å². The van der Waals surface area contributed by atoms with E-state index in [1.165, 1.54) is 16.0 Å². The SMILES string of the molecule is Cc1ccc(C(=O)Cn2nc(-c3cccs3)c3sc(C)nc3c2=O)cc1. The van der Waals surface area contributed by atoms with Gasteiger partial charge >= 0.3 is 0 Å². The summed E-state index contributed by atoms with van der Waals surface area (Å²) in [4.78, 5) is 30.7. The number of rotatable bonds is 4. The number of carbonyl (C=O) groups excluding carboxylic acids is 1. The molecule has 0 bridgehead atoms. The van der Waals surface area contributed by atoms with Gasteiger partial charge in [-0.05, 0) is 25.3 Å². The Labute approximate surface area is 157 Å². The number of aromatic nitrogens is 3. The van der Waals surface area contributed by atoms with E-state index >= 15 is 0 Å². The monoisotopic (exact) mass is 381 g/mol. The van der Waals surface area contributed by atoms with E-state index in [0.717, 1.165) is 20.1 Å². The molecule has 0 unspecified atom stereocenters. The lowest BCUT2D eigenvalue weighted by atomic mass is 10.1. The van der Waals surface area contributed by atoms with Gasteiger partial charge in [0.2, 0.25) is 0 Å². The number of ketones is 1. The maximum absolute atomic E-state index is 12.8. The summed E-state index contributed by atoms with van der Waals surface area (Å²) in [6.45, 7) is 3.73. The number of fused-ring (bicyclic) bond motifs is 1. The molecule has 0 saturated carbocycles. The van der Waals surface area contributed by atoms with Crippen molar-refractivity contribution in [3.05, 3.63) is 68.3 Å². The topological polar surface area (TPSA) is 64.8 Å². The summed E-state index contributed by atoms with van der Waals surface area (Å²) in [5, 5.41) is 7.27. The first-order chi connectivity index (χ1) is 12.5. The van der Waals surface area contributed by atoms with Crippen molar-refractivity contribution in [2.45, 2.75) is 20.4 Å². The number of benzene rings is 1. The van der Waals surface area contributed by atoms with E-state index in [2.05, 4.69) is 10.1 Å². The molecule has 0 atom stereocenters. The predicted molar refractivity (Wildman–Crippen MR) is 105 cm³/mol. The predicted octanol–water partition coefficient (Wildman–Crippen LogP) is 4.08. The summed E-state index contributed by atoms with van der Waals surface area (Å²) in [5.41, 5.74) is 2.40. The molecular weight excluding hydrogens is 366 g/mol. The number of aryl methyl sites for hydroxylation is 2. The second kappa shape index (κ2) is 6.59. The van der Waals surface area contributed by atoms with Gasteiger partial charge in [-0.15, -0.1) is 22.7 Å². The van der Waals surface area contributed by atoms with E-state index in [1.54, 1.807) is 23.5 Å². The molecule has 26 heavy (non-hydrogen) atoms. The number of hydrogen-bond acceptors (Lipinski definition) is 6. The Bertz CT molecular complexity index is 1160. The van der Waals surface area contributed by atoms with Crippen molar-refractivity contribution in [2.75, 3.05) is 0 Å². The van der Waals surface area contributed by atoms with Crippen molar-refractivity contribution in [1.82, 2.24) is 14.8 Å². The molecule has 0 spiro atoms. The van der Waals surface area contributed by atoms with Gasteiger partial charge < -0.3 is 0 Å². The third-order valence-corrected chi connectivity index (χ3v) is 5.88. The van der Waals surface area contributed by atoms with Crippen molar-refractivity contribution in [3.8, 4) is 10.6 Å². The van der Waals surface area contributed by atoms with Crippen LogP contribution < -0.4 is 5.56 Å². The minimum absolute atomic E-state index is 0.104. The van der Waals surface area contributed by atoms with Crippen LogP contribution in [0.2, 0.25) is 0 Å². The van der Waals surface area contributed by atoms with Gasteiger partial charge in [-0.3, -0.25) is 9.59 Å². The lowest BCUT2D eigenvalue weighted by molar-refractivity contribution is 0.0966. The van der Waals surface area contributed by atoms with Crippen LogP contribution in [0.5, 0.6) is 0 Å². The number of Topliss-reactive ketones (excluding diaryl/α,β-unsaturated/α-hetero) is 1. The molecule has 3 heterocycles. The maximum Gasteiger partial charge on any atom is 0.294 e. The molecule has 0 N–H and O–H groups in total. The van der Waals surface area contributed by atoms with E-state index in [9.17, 15) is 9.59 Å². The van der Waals surface area contributed by atoms with Gasteiger partial charge in [0.25, 0.3) is 5.56 Å². The Hall–Kier alpha value is -2.64. The van der Waals surface area contributed by atoms with Crippen LogP contribution in [0.25, 0.3) is 20.8 Å². The van der Waals surface area contributed by atoms with E-state index in [0.29, 0.717) is 16.8 Å². The van der Waals surface area contributed by atoms with Crippen LogP contribution in [0.3, 0.4) is 0 Å². The summed E-state index contributed by atoms with van der Waals surface area (Å²) in [6, 6.07) is 11.2. The third kappa shape index (κ3) is 3.00. The molecule has 0 aliphatic heterocycles. The van der Waals surface area contributed by atoms with E-state index in [1.807, 2.05) is 43.5 Å². The van der Waals surface area contributed by atoms with Crippen LogP contribution >= 0.6 is 22.7 Å². The number of hydrogen-bond donors (Lipinski definition) is 0. The van der Waals surface area contributed by atoms with Gasteiger partial charge in [0.15, 0.2) is 11.3 Å². The zero-order valence-corrected chi connectivity index (χ0v) is 15.9. The van der Waals surface area contributed by atoms with Gasteiger partial charge in [0.1, 0.15) is 12.2 Å². The normalized spacial score (nSPS) is 11.2. The van der Waals surface area contributed by atoms with Gasteiger partial charge in [0.05, 0.1) is 14.6 Å². The highest BCUT2D eigenvalue weighted by Gasteiger charge is 2.18. The molecular formula is C19H15N3O2S2. The van der Waals surface area contributed by atoms with Gasteiger partial charge in [-0.1, -0.05) is 35.9 Å². The first-order valence-electron chi connectivity index (χ1n) is 8.05. The molecule has 4 aromatic rings. The minimum Gasteiger partial charge on any atom is -0.292 e. The first-order valence-corrected chi connectivity index (χ1v) is 9.74. The molecule has 7 heteroatoms.